The number of rotatable bonds is 8. The minimum atomic E-state index is -3.67. The van der Waals surface area contributed by atoms with E-state index < -0.39 is 15.4 Å². The lowest BCUT2D eigenvalue weighted by atomic mass is 9.75. The number of halogens is 2. The highest BCUT2D eigenvalue weighted by Crippen LogP contribution is 2.40. The topological polar surface area (TPSA) is 78.9 Å². The van der Waals surface area contributed by atoms with Crippen molar-refractivity contribution in [2.45, 2.75) is 68.6 Å². The van der Waals surface area contributed by atoms with Gasteiger partial charge in [0.1, 0.15) is 12.4 Å². The first-order valence-corrected chi connectivity index (χ1v) is 15.6. The molecule has 2 N–H and O–H groups in total. The van der Waals surface area contributed by atoms with Gasteiger partial charge in [0, 0.05) is 18.5 Å². The van der Waals surface area contributed by atoms with E-state index in [0.717, 1.165) is 31.6 Å². The van der Waals surface area contributed by atoms with Crippen LogP contribution in [0.5, 0.6) is 5.75 Å². The molecule has 0 radical (unpaired) electrons. The first-order chi connectivity index (χ1) is 17.8. The molecule has 1 saturated carbocycles. The lowest BCUT2D eigenvalue weighted by Crippen LogP contribution is -2.41. The molecule has 5 rings (SSSR count). The predicted octanol–water partition coefficient (Wildman–Crippen LogP) is 5.76. The fourth-order valence-corrected chi connectivity index (χ4v) is 6.81. The summed E-state index contributed by atoms with van der Waals surface area (Å²) in [6.07, 6.45) is 8.18. The summed E-state index contributed by atoms with van der Waals surface area (Å²) in [7, 11) is -1.72. The molecular weight excluding hydrogens is 531 g/mol. The highest BCUT2D eigenvalue weighted by Gasteiger charge is 2.35. The molecule has 2 unspecified atom stereocenters. The van der Waals surface area contributed by atoms with Gasteiger partial charge in [0.2, 0.25) is 0 Å². The molecule has 2 aliphatic carbocycles. The number of likely N-dealkylation sites (N-methyl/N-ethyl adjacent to an activating group) is 1. The highest BCUT2D eigenvalue weighted by molar-refractivity contribution is 7.86. The normalized spacial score (nSPS) is 22.1. The molecule has 1 heterocycles. The average Bonchev–Trinajstić information content (AvgIpc) is 3.35. The lowest BCUT2D eigenvalue weighted by molar-refractivity contribution is 0.188. The minimum Gasteiger partial charge on any atom is -0.492 e. The van der Waals surface area contributed by atoms with Gasteiger partial charge in [-0.05, 0) is 106 Å². The summed E-state index contributed by atoms with van der Waals surface area (Å²) in [5.41, 5.74) is 4.16. The van der Waals surface area contributed by atoms with Crippen molar-refractivity contribution < 1.29 is 17.7 Å². The second-order valence-electron chi connectivity index (χ2n) is 10.3. The van der Waals surface area contributed by atoms with E-state index in [0.29, 0.717) is 41.5 Å². The van der Waals surface area contributed by atoms with Crippen molar-refractivity contribution in [3.8, 4) is 5.75 Å². The van der Waals surface area contributed by atoms with Crippen molar-refractivity contribution in [1.29, 1.82) is 0 Å². The van der Waals surface area contributed by atoms with Gasteiger partial charge < -0.3 is 10.1 Å². The van der Waals surface area contributed by atoms with Gasteiger partial charge in [-0.15, -0.1) is 0 Å². The van der Waals surface area contributed by atoms with Crippen LogP contribution in [0.15, 0.2) is 36.4 Å². The number of benzene rings is 2. The Balaban J connectivity index is 0.000000342. The standard InChI is InChI=1S/C24H30Cl2N2O.C4H8O3S/c1-27-10-13-29-19-7-5-18-6-9-24(28-11-2-3-12-28)21(20(18)16-19)14-17-4-8-22(25)23(26)15-17;5-8(6,7)4-2-1-3-4/h4-5,7-8,15-16,21,24,27H,2-3,6,9-14H2,1H3;4H,1-3H2,(H,5,6,7). The van der Waals surface area contributed by atoms with Gasteiger partial charge in [-0.25, -0.2) is 0 Å². The molecule has 3 aliphatic rings. The van der Waals surface area contributed by atoms with E-state index in [1.54, 1.807) is 0 Å². The Bertz CT molecular complexity index is 1150. The predicted molar refractivity (Wildman–Crippen MR) is 151 cm³/mol. The van der Waals surface area contributed by atoms with Gasteiger partial charge >= 0.3 is 0 Å². The molecule has 2 aromatic carbocycles. The number of hydrogen-bond donors (Lipinski definition) is 2. The summed E-state index contributed by atoms with van der Waals surface area (Å²) in [6, 6.07) is 13.3. The molecule has 2 atom stereocenters. The van der Waals surface area contributed by atoms with Gasteiger partial charge in [0.05, 0.1) is 15.3 Å². The number of aryl methyl sites for hydroxylation is 1. The first kappa shape index (κ1) is 28.7. The maximum absolute atomic E-state index is 10.2. The minimum absolute atomic E-state index is 0.442. The first-order valence-electron chi connectivity index (χ1n) is 13.3. The SMILES string of the molecule is CNCCOc1ccc2c(c1)C(Cc1ccc(Cl)c(Cl)c1)C(N1CCCC1)CC2.O=S(=O)(O)C1CCC1. The Kier molecular flexibility index (Phi) is 10.2. The summed E-state index contributed by atoms with van der Waals surface area (Å²) in [4.78, 5) is 2.71. The second-order valence-corrected chi connectivity index (χ2v) is 12.8. The van der Waals surface area contributed by atoms with Crippen molar-refractivity contribution in [1.82, 2.24) is 10.2 Å². The summed E-state index contributed by atoms with van der Waals surface area (Å²) >= 11 is 12.5. The Morgan fingerprint density at radius 3 is 2.38 bits per heavy atom. The zero-order chi connectivity index (χ0) is 26.4. The van der Waals surface area contributed by atoms with Crippen LogP contribution in [0.1, 0.15) is 61.1 Å². The third kappa shape index (κ3) is 7.61. The maximum atomic E-state index is 10.2. The zero-order valence-electron chi connectivity index (χ0n) is 21.5. The molecule has 0 spiro atoms. The number of likely N-dealkylation sites (tertiary alicyclic amines) is 1. The summed E-state index contributed by atoms with van der Waals surface area (Å²) < 4.78 is 34.6. The molecule has 2 fully saturated rings. The Hall–Kier alpha value is -1.35. The summed E-state index contributed by atoms with van der Waals surface area (Å²) in [6.45, 7) is 3.97. The second kappa shape index (κ2) is 13.1. The molecule has 0 amide bonds. The molecule has 1 aliphatic heterocycles. The largest absolute Gasteiger partial charge is 0.492 e. The van der Waals surface area contributed by atoms with Crippen LogP contribution < -0.4 is 10.1 Å². The average molecular weight is 570 g/mol. The number of ether oxygens (including phenoxy) is 1. The third-order valence-corrected chi connectivity index (χ3v) is 9.89. The zero-order valence-corrected chi connectivity index (χ0v) is 23.8. The Labute approximate surface area is 231 Å². The van der Waals surface area contributed by atoms with Crippen LogP contribution in [0.2, 0.25) is 10.0 Å². The van der Waals surface area contributed by atoms with Crippen molar-refractivity contribution in [2.75, 3.05) is 33.3 Å². The van der Waals surface area contributed by atoms with E-state index in [-0.39, 0.29) is 0 Å². The molecule has 0 bridgehead atoms. The van der Waals surface area contributed by atoms with Gasteiger partial charge in [0.25, 0.3) is 10.1 Å². The van der Waals surface area contributed by atoms with Crippen LogP contribution in [0, 0.1) is 0 Å². The monoisotopic (exact) mass is 568 g/mol. The molecule has 2 aromatic rings. The van der Waals surface area contributed by atoms with E-state index in [1.165, 1.54) is 49.0 Å². The Morgan fingerprint density at radius 1 is 1.03 bits per heavy atom. The number of hydrogen-bond acceptors (Lipinski definition) is 5. The van der Waals surface area contributed by atoms with E-state index in [1.807, 2.05) is 19.2 Å². The van der Waals surface area contributed by atoms with Crippen LogP contribution in [-0.4, -0.2) is 62.5 Å². The molecule has 1 saturated heterocycles. The summed E-state index contributed by atoms with van der Waals surface area (Å²) in [5, 5.41) is 3.96. The van der Waals surface area contributed by atoms with Crippen molar-refractivity contribution in [2.24, 2.45) is 0 Å². The van der Waals surface area contributed by atoms with E-state index in [9.17, 15) is 8.42 Å². The van der Waals surface area contributed by atoms with Crippen molar-refractivity contribution in [3.63, 3.8) is 0 Å². The van der Waals surface area contributed by atoms with Gasteiger partial charge in [-0.3, -0.25) is 9.45 Å². The van der Waals surface area contributed by atoms with E-state index in [4.69, 9.17) is 32.5 Å². The number of nitrogens with zero attached hydrogens (tertiary/aromatic N) is 1. The molecule has 6 nitrogen and oxygen atoms in total. The van der Waals surface area contributed by atoms with Gasteiger partial charge in [-0.1, -0.05) is 41.8 Å². The van der Waals surface area contributed by atoms with Gasteiger partial charge in [0.15, 0.2) is 0 Å². The fraction of sp³-hybridized carbons (Fsp3) is 0.571. The Morgan fingerprint density at radius 2 is 1.78 bits per heavy atom. The van der Waals surface area contributed by atoms with E-state index in [2.05, 4.69) is 34.5 Å². The van der Waals surface area contributed by atoms with Crippen LogP contribution in [0.25, 0.3) is 0 Å². The third-order valence-electron chi connectivity index (χ3n) is 7.83. The number of fused-ring (bicyclic) bond motifs is 1. The van der Waals surface area contributed by atoms with Gasteiger partial charge in [-0.2, -0.15) is 8.42 Å². The molecular formula is C28H38Cl2N2O4S. The van der Waals surface area contributed by atoms with E-state index >= 15 is 0 Å². The molecule has 9 heteroatoms. The summed E-state index contributed by atoms with van der Waals surface area (Å²) in [5.74, 6) is 1.42. The number of nitrogens with one attached hydrogen (secondary N) is 1. The fourth-order valence-electron chi connectivity index (χ4n) is 5.56. The van der Waals surface area contributed by atoms with Crippen LogP contribution in [-0.2, 0) is 23.0 Å². The molecule has 37 heavy (non-hydrogen) atoms. The van der Waals surface area contributed by atoms with Crippen LogP contribution >= 0.6 is 23.2 Å². The molecule has 204 valence electrons. The molecule has 0 aromatic heterocycles. The van der Waals surface area contributed by atoms with Crippen LogP contribution in [0.4, 0.5) is 0 Å². The maximum Gasteiger partial charge on any atom is 0.267 e. The smallest absolute Gasteiger partial charge is 0.267 e. The van der Waals surface area contributed by atoms with Crippen LogP contribution in [0.3, 0.4) is 0 Å². The quantitative estimate of drug-likeness (QED) is 0.311. The van der Waals surface area contributed by atoms with Crippen molar-refractivity contribution >= 4 is 33.3 Å². The lowest BCUT2D eigenvalue weighted by Gasteiger charge is -2.39. The van der Waals surface area contributed by atoms with Crippen molar-refractivity contribution in [3.05, 3.63) is 63.1 Å². The highest BCUT2D eigenvalue weighted by atomic mass is 35.5.